The molecule has 0 radical (unpaired) electrons. The van der Waals surface area contributed by atoms with Gasteiger partial charge in [-0.2, -0.15) is 0 Å². The van der Waals surface area contributed by atoms with Crippen molar-refractivity contribution in [2.24, 2.45) is 11.8 Å². The van der Waals surface area contributed by atoms with E-state index in [1.54, 1.807) is 0 Å². The average Bonchev–Trinajstić information content (AvgIpc) is 2.25. The highest BCUT2D eigenvalue weighted by Crippen LogP contribution is 2.46. The van der Waals surface area contributed by atoms with Crippen molar-refractivity contribution in [3.63, 3.8) is 0 Å². The Morgan fingerprint density at radius 1 is 1.44 bits per heavy atom. The van der Waals surface area contributed by atoms with Crippen LogP contribution in [0.3, 0.4) is 0 Å². The fraction of sp³-hybridized carbons (Fsp3) is 0.857. The molecule has 0 spiro atoms. The van der Waals surface area contributed by atoms with E-state index in [1.807, 2.05) is 0 Å². The van der Waals surface area contributed by atoms with Gasteiger partial charge in [0.15, 0.2) is 0 Å². The van der Waals surface area contributed by atoms with E-state index >= 15 is 0 Å². The Balaban J connectivity index is 2.26. The molecule has 2 bridgehead atoms. The second-order valence-corrected chi connectivity index (χ2v) is 4.12. The first-order chi connectivity index (χ1) is 4.29. The van der Waals surface area contributed by atoms with Gasteiger partial charge in [-0.15, -0.1) is 0 Å². The van der Waals surface area contributed by atoms with Gasteiger partial charge < -0.3 is 0 Å². The lowest BCUT2D eigenvalue weighted by Crippen LogP contribution is -2.10. The normalized spacial score (nSPS) is 48.6. The second kappa shape index (κ2) is 1.82. The Hall–Kier alpha value is 0.150. The molecule has 1 nitrogen and oxygen atoms in total. The summed E-state index contributed by atoms with van der Waals surface area (Å²) in [6, 6.07) is 0. The molecule has 2 aliphatic carbocycles. The van der Waals surface area contributed by atoms with E-state index in [-0.39, 0.29) is 0 Å². The summed E-state index contributed by atoms with van der Waals surface area (Å²) < 4.78 is 0. The molecule has 0 aromatic rings. The highest BCUT2D eigenvalue weighted by atomic mass is 79.9. The van der Waals surface area contributed by atoms with Crippen molar-refractivity contribution >= 4 is 21.7 Å². The van der Waals surface area contributed by atoms with Gasteiger partial charge in [-0.1, -0.05) is 15.9 Å². The molecule has 0 heterocycles. The standard InChI is InChI=1S/C7H9BrO/c8-7-4-1-2-5(7)6(9)3-4/h4-5,7H,1-3H2. The highest BCUT2D eigenvalue weighted by Gasteiger charge is 2.45. The highest BCUT2D eigenvalue weighted by molar-refractivity contribution is 9.09. The first-order valence-corrected chi connectivity index (χ1v) is 4.37. The third kappa shape index (κ3) is 0.689. The summed E-state index contributed by atoms with van der Waals surface area (Å²) >= 11 is 3.55. The summed E-state index contributed by atoms with van der Waals surface area (Å²) in [6.45, 7) is 0. The van der Waals surface area contributed by atoms with Gasteiger partial charge in [-0.25, -0.2) is 0 Å². The number of carbonyl (C=O) groups excluding carboxylic acids is 1. The van der Waals surface area contributed by atoms with Crippen LogP contribution in [0, 0.1) is 11.8 Å². The van der Waals surface area contributed by atoms with Crippen LogP contribution in [0.5, 0.6) is 0 Å². The third-order valence-electron chi connectivity index (χ3n) is 2.56. The number of fused-ring (bicyclic) bond motifs is 2. The number of hydrogen-bond acceptors (Lipinski definition) is 1. The summed E-state index contributed by atoms with van der Waals surface area (Å²) in [5.74, 6) is 1.56. The van der Waals surface area contributed by atoms with Crippen LogP contribution in [0.25, 0.3) is 0 Å². The maximum absolute atomic E-state index is 11.0. The molecule has 3 unspecified atom stereocenters. The summed E-state index contributed by atoms with van der Waals surface area (Å²) in [7, 11) is 0. The summed E-state index contributed by atoms with van der Waals surface area (Å²) in [4.78, 5) is 11.5. The zero-order valence-corrected chi connectivity index (χ0v) is 6.73. The number of Topliss-reactive ketones (excluding diaryl/α,β-unsaturated/α-hetero) is 1. The molecule has 0 aliphatic heterocycles. The molecule has 50 valence electrons. The molecular weight excluding hydrogens is 180 g/mol. The Morgan fingerprint density at radius 2 is 2.22 bits per heavy atom. The van der Waals surface area contributed by atoms with Gasteiger partial charge in [-0.3, -0.25) is 4.79 Å². The van der Waals surface area contributed by atoms with Crippen LogP contribution in [0.1, 0.15) is 19.3 Å². The van der Waals surface area contributed by atoms with E-state index in [2.05, 4.69) is 15.9 Å². The lowest BCUT2D eigenvalue weighted by Gasteiger charge is -2.04. The molecule has 2 aliphatic rings. The minimum Gasteiger partial charge on any atom is -0.299 e. The van der Waals surface area contributed by atoms with E-state index < -0.39 is 0 Å². The molecule has 2 rings (SSSR count). The predicted molar refractivity (Wildman–Crippen MR) is 38.6 cm³/mol. The predicted octanol–water partition coefficient (Wildman–Crippen LogP) is 1.75. The van der Waals surface area contributed by atoms with Crippen molar-refractivity contribution in [3.8, 4) is 0 Å². The number of alkyl halides is 1. The fourth-order valence-electron chi connectivity index (χ4n) is 2.00. The van der Waals surface area contributed by atoms with Crippen molar-refractivity contribution < 1.29 is 4.79 Å². The molecule has 0 aromatic carbocycles. The first-order valence-electron chi connectivity index (χ1n) is 3.46. The number of rotatable bonds is 0. The molecule has 0 N–H and O–H groups in total. The molecule has 2 heteroatoms. The molecule has 3 atom stereocenters. The van der Waals surface area contributed by atoms with Gasteiger partial charge in [0.2, 0.25) is 0 Å². The van der Waals surface area contributed by atoms with E-state index in [0.717, 1.165) is 12.8 Å². The molecule has 0 aromatic heterocycles. The van der Waals surface area contributed by atoms with E-state index in [9.17, 15) is 4.79 Å². The minimum absolute atomic E-state index is 0.384. The van der Waals surface area contributed by atoms with Crippen molar-refractivity contribution in [2.45, 2.75) is 24.1 Å². The quantitative estimate of drug-likeness (QED) is 0.530. The Morgan fingerprint density at radius 3 is 2.44 bits per heavy atom. The lowest BCUT2D eigenvalue weighted by atomic mass is 10.00. The maximum atomic E-state index is 11.0. The summed E-state index contributed by atoms with van der Waals surface area (Å²) in [6.07, 6.45) is 3.26. The van der Waals surface area contributed by atoms with Crippen molar-refractivity contribution in [2.75, 3.05) is 0 Å². The Labute approximate surface area is 62.9 Å². The van der Waals surface area contributed by atoms with Gasteiger partial charge in [0, 0.05) is 17.2 Å². The Kier molecular flexibility index (Phi) is 1.19. The van der Waals surface area contributed by atoms with E-state index in [4.69, 9.17) is 0 Å². The van der Waals surface area contributed by atoms with Crippen LogP contribution < -0.4 is 0 Å². The number of ketones is 1. The molecular formula is C7H9BrO. The van der Waals surface area contributed by atoms with Crippen molar-refractivity contribution in [1.82, 2.24) is 0 Å². The number of hydrogen-bond donors (Lipinski definition) is 0. The van der Waals surface area contributed by atoms with Crippen LogP contribution in [0.4, 0.5) is 0 Å². The lowest BCUT2D eigenvalue weighted by molar-refractivity contribution is -0.121. The zero-order chi connectivity index (χ0) is 6.43. The third-order valence-corrected chi connectivity index (χ3v) is 3.95. The Bertz CT molecular complexity index is 155. The van der Waals surface area contributed by atoms with Crippen molar-refractivity contribution in [3.05, 3.63) is 0 Å². The number of halogens is 1. The fourth-order valence-corrected chi connectivity index (χ4v) is 3.01. The summed E-state index contributed by atoms with van der Waals surface area (Å²) in [5, 5.41) is 0. The van der Waals surface area contributed by atoms with Crippen LogP contribution in [-0.4, -0.2) is 10.6 Å². The molecule has 0 amide bonds. The van der Waals surface area contributed by atoms with Gasteiger partial charge in [0.05, 0.1) is 0 Å². The minimum atomic E-state index is 0.384. The molecule has 2 saturated carbocycles. The largest absolute Gasteiger partial charge is 0.299 e. The molecule has 2 fully saturated rings. The van der Waals surface area contributed by atoms with Gasteiger partial charge in [0.25, 0.3) is 0 Å². The van der Waals surface area contributed by atoms with Crippen LogP contribution in [-0.2, 0) is 4.79 Å². The molecule has 0 saturated heterocycles. The van der Waals surface area contributed by atoms with E-state index in [1.165, 1.54) is 6.42 Å². The monoisotopic (exact) mass is 188 g/mol. The van der Waals surface area contributed by atoms with Gasteiger partial charge >= 0.3 is 0 Å². The summed E-state index contributed by atoms with van der Waals surface area (Å²) in [5.41, 5.74) is 0. The first kappa shape index (κ1) is 5.90. The SMILES string of the molecule is O=C1CC2CCC1C2Br. The number of carbonyl (C=O) groups is 1. The van der Waals surface area contributed by atoms with Gasteiger partial charge in [0.1, 0.15) is 5.78 Å². The van der Waals surface area contributed by atoms with Crippen LogP contribution >= 0.6 is 15.9 Å². The molecule has 9 heavy (non-hydrogen) atoms. The second-order valence-electron chi connectivity index (χ2n) is 3.06. The zero-order valence-electron chi connectivity index (χ0n) is 5.14. The topological polar surface area (TPSA) is 17.1 Å². The smallest absolute Gasteiger partial charge is 0.137 e. The van der Waals surface area contributed by atoms with Crippen molar-refractivity contribution in [1.29, 1.82) is 0 Å². The average molecular weight is 189 g/mol. The maximum Gasteiger partial charge on any atom is 0.137 e. The van der Waals surface area contributed by atoms with Crippen LogP contribution in [0.15, 0.2) is 0 Å². The van der Waals surface area contributed by atoms with Crippen LogP contribution in [0.2, 0.25) is 0 Å². The van der Waals surface area contributed by atoms with E-state index in [0.29, 0.717) is 22.4 Å². The van der Waals surface area contributed by atoms with Gasteiger partial charge in [-0.05, 0) is 18.8 Å².